The van der Waals surface area contributed by atoms with Crippen LogP contribution in [0.3, 0.4) is 0 Å². The first kappa shape index (κ1) is 40.1. The highest BCUT2D eigenvalue weighted by Gasteiger charge is 1.80. The molecule has 0 unspecified atom stereocenters. The lowest BCUT2D eigenvalue weighted by molar-refractivity contribution is 0.415. The Morgan fingerprint density at radius 2 is 0.704 bits per heavy atom. The van der Waals surface area contributed by atoms with Crippen LogP contribution in [0.2, 0.25) is 0 Å². The van der Waals surface area contributed by atoms with Gasteiger partial charge in [0.05, 0.1) is 7.11 Å². The van der Waals surface area contributed by atoms with Gasteiger partial charge in [-0.15, -0.1) is 0 Å². The number of ether oxygens (including phenoxy) is 1. The topological polar surface area (TPSA) is 9.23 Å². The van der Waals surface area contributed by atoms with Crippen LogP contribution in [0.1, 0.15) is 88.6 Å². The van der Waals surface area contributed by atoms with Crippen molar-refractivity contribution in [3.63, 3.8) is 0 Å². The molecule has 0 saturated heterocycles. The van der Waals surface area contributed by atoms with Gasteiger partial charge in [0, 0.05) is 0 Å². The van der Waals surface area contributed by atoms with E-state index in [2.05, 4.69) is 19.1 Å². The Bertz CT molecular complexity index is 354. The molecule has 0 aliphatic heterocycles. The molecule has 162 valence electrons. The highest BCUT2D eigenvalue weighted by atomic mass is 16.5. The number of rotatable bonds is 1. The van der Waals surface area contributed by atoms with E-state index < -0.39 is 0 Å². The van der Waals surface area contributed by atoms with E-state index in [0.717, 1.165) is 5.75 Å². The fraction of sp³-hybridized carbons (Fsp3) is 0.538. The third kappa shape index (κ3) is 45.5. The maximum Gasteiger partial charge on any atom is 0.118 e. The molecule has 0 radical (unpaired) electrons. The molecule has 0 aliphatic carbocycles. The zero-order valence-corrected chi connectivity index (χ0v) is 21.2. The van der Waals surface area contributed by atoms with Gasteiger partial charge in [0.1, 0.15) is 5.75 Å². The molecule has 0 aliphatic rings. The van der Waals surface area contributed by atoms with Crippen LogP contribution in [0.5, 0.6) is 5.75 Å². The van der Waals surface area contributed by atoms with Crippen LogP contribution in [0.15, 0.2) is 60.7 Å². The van der Waals surface area contributed by atoms with Crippen molar-refractivity contribution in [1.82, 2.24) is 0 Å². The van der Waals surface area contributed by atoms with Gasteiger partial charge in [-0.25, -0.2) is 0 Å². The molecule has 0 atom stereocenters. The molecule has 2 rings (SSSR count). The second-order valence-corrected chi connectivity index (χ2v) is 3.17. The quantitative estimate of drug-likeness (QED) is 0.478. The van der Waals surface area contributed by atoms with Crippen LogP contribution in [0.4, 0.5) is 0 Å². The van der Waals surface area contributed by atoms with Gasteiger partial charge in [0.25, 0.3) is 0 Å². The fourth-order valence-corrected chi connectivity index (χ4v) is 1.09. The number of methoxy groups -OCH3 is 1. The zero-order chi connectivity index (χ0) is 22.9. The highest BCUT2D eigenvalue weighted by Crippen LogP contribution is 2.05. The lowest BCUT2D eigenvalue weighted by Gasteiger charge is -1.93. The van der Waals surface area contributed by atoms with E-state index in [9.17, 15) is 0 Å². The van der Waals surface area contributed by atoms with E-state index in [0.29, 0.717) is 0 Å². The molecule has 0 aromatic heterocycles. The summed E-state index contributed by atoms with van der Waals surface area (Å²) in [5.74, 6) is 0.910. The minimum atomic E-state index is 0.910. The summed E-state index contributed by atoms with van der Waals surface area (Å²) < 4.78 is 4.91. The first-order valence-corrected chi connectivity index (χ1v) is 10.9. The Kier molecular flexibility index (Phi) is 83.6. The Balaban J connectivity index is -0.0000000531. The van der Waals surface area contributed by atoms with Gasteiger partial charge in [-0.05, 0) is 19.1 Å². The van der Waals surface area contributed by atoms with Crippen LogP contribution >= 0.6 is 0 Å². The van der Waals surface area contributed by atoms with Gasteiger partial charge in [0.2, 0.25) is 0 Å². The number of aryl methyl sites for hydroxylation is 1. The normalized spacial score (nSPS) is 6.15. The summed E-state index contributed by atoms with van der Waals surface area (Å²) in [7, 11) is 1.66. The standard InChI is InChI=1S/C7H8O.C7H8.6C2H6/c1-8-7-5-3-2-4-6-7;1-7-5-3-2-4-6-7;6*1-2/h2-6H,1H3;2-6H,1H3;6*1-2H3. The molecule has 0 saturated carbocycles. The predicted molar refractivity (Wildman–Crippen MR) is 132 cm³/mol. The van der Waals surface area contributed by atoms with Crippen molar-refractivity contribution in [3.05, 3.63) is 66.2 Å². The molecule has 1 heteroatoms. The summed E-state index contributed by atoms with van der Waals surface area (Å²) in [5, 5.41) is 0. The first-order chi connectivity index (χ1) is 13.3. The first-order valence-electron chi connectivity index (χ1n) is 10.9. The number of para-hydroxylation sites is 1. The minimum absolute atomic E-state index is 0.910. The van der Waals surface area contributed by atoms with Gasteiger partial charge >= 0.3 is 0 Å². The largest absolute Gasteiger partial charge is 0.497 e. The highest BCUT2D eigenvalue weighted by molar-refractivity contribution is 5.20. The zero-order valence-electron chi connectivity index (χ0n) is 21.2. The van der Waals surface area contributed by atoms with Crippen molar-refractivity contribution in [2.24, 2.45) is 0 Å². The third-order valence-electron chi connectivity index (χ3n) is 1.92. The molecule has 2 aromatic carbocycles. The molecule has 0 bridgehead atoms. The average molecular weight is 381 g/mol. The van der Waals surface area contributed by atoms with Crippen molar-refractivity contribution >= 4 is 0 Å². The molecule has 1 nitrogen and oxygen atoms in total. The molecule has 0 N–H and O–H groups in total. The molecular weight excluding hydrogens is 328 g/mol. The predicted octanol–water partition coefficient (Wildman–Crippen LogP) is 9.85. The summed E-state index contributed by atoms with van der Waals surface area (Å²) in [6, 6.07) is 19.9. The van der Waals surface area contributed by atoms with E-state index in [4.69, 9.17) is 4.74 Å². The maximum absolute atomic E-state index is 4.91. The molecule has 27 heavy (non-hydrogen) atoms. The van der Waals surface area contributed by atoms with Crippen molar-refractivity contribution in [2.75, 3.05) is 7.11 Å². The number of hydrogen-bond donors (Lipinski definition) is 0. The Labute approximate surface area is 174 Å². The lowest BCUT2D eigenvalue weighted by Crippen LogP contribution is -1.78. The Hall–Kier alpha value is -1.76. The molecule has 0 spiro atoms. The summed E-state index contributed by atoms with van der Waals surface area (Å²) >= 11 is 0. The summed E-state index contributed by atoms with van der Waals surface area (Å²) in [4.78, 5) is 0. The van der Waals surface area contributed by atoms with Crippen molar-refractivity contribution in [2.45, 2.75) is 90.0 Å². The minimum Gasteiger partial charge on any atom is -0.497 e. The van der Waals surface area contributed by atoms with Crippen molar-refractivity contribution < 1.29 is 4.74 Å². The summed E-state index contributed by atoms with van der Waals surface area (Å²) in [6.45, 7) is 26.1. The van der Waals surface area contributed by atoms with Gasteiger partial charge < -0.3 is 4.74 Å². The van der Waals surface area contributed by atoms with E-state index >= 15 is 0 Å². The van der Waals surface area contributed by atoms with Gasteiger partial charge in [-0.2, -0.15) is 0 Å². The van der Waals surface area contributed by atoms with E-state index in [-0.39, 0.29) is 0 Å². The van der Waals surface area contributed by atoms with E-state index in [1.165, 1.54) is 5.56 Å². The van der Waals surface area contributed by atoms with Crippen LogP contribution in [0, 0.1) is 6.92 Å². The summed E-state index contributed by atoms with van der Waals surface area (Å²) in [6.07, 6.45) is 0. The van der Waals surface area contributed by atoms with Gasteiger partial charge in [-0.3, -0.25) is 0 Å². The summed E-state index contributed by atoms with van der Waals surface area (Å²) in [5.41, 5.74) is 1.32. The lowest BCUT2D eigenvalue weighted by atomic mass is 10.2. The van der Waals surface area contributed by atoms with Crippen molar-refractivity contribution in [1.29, 1.82) is 0 Å². The number of benzene rings is 2. The molecular formula is C26H52O. The molecule has 0 amide bonds. The van der Waals surface area contributed by atoms with Crippen LogP contribution in [0.25, 0.3) is 0 Å². The average Bonchev–Trinajstić information content (AvgIpc) is 2.83. The van der Waals surface area contributed by atoms with Crippen LogP contribution in [-0.4, -0.2) is 7.11 Å². The van der Waals surface area contributed by atoms with E-state index in [1.54, 1.807) is 7.11 Å². The smallest absolute Gasteiger partial charge is 0.118 e. The van der Waals surface area contributed by atoms with Crippen LogP contribution in [-0.2, 0) is 0 Å². The monoisotopic (exact) mass is 380 g/mol. The second-order valence-electron chi connectivity index (χ2n) is 3.17. The molecule has 0 heterocycles. The van der Waals surface area contributed by atoms with E-state index in [1.807, 2.05) is 132 Å². The molecule has 0 fully saturated rings. The van der Waals surface area contributed by atoms with Gasteiger partial charge in [0.15, 0.2) is 0 Å². The number of hydrogen-bond acceptors (Lipinski definition) is 1. The maximum atomic E-state index is 4.91. The third-order valence-corrected chi connectivity index (χ3v) is 1.92. The Morgan fingerprint density at radius 1 is 0.444 bits per heavy atom. The Morgan fingerprint density at radius 3 is 0.852 bits per heavy atom. The van der Waals surface area contributed by atoms with Gasteiger partial charge in [-0.1, -0.05) is 137 Å². The molecule has 2 aromatic rings. The van der Waals surface area contributed by atoms with Crippen molar-refractivity contribution in [3.8, 4) is 5.75 Å². The second kappa shape index (κ2) is 56.4. The van der Waals surface area contributed by atoms with Crippen LogP contribution < -0.4 is 4.74 Å². The SMILES string of the molecule is CC.CC.CC.CC.CC.CC.COc1ccccc1.Cc1ccccc1. The fourth-order valence-electron chi connectivity index (χ4n) is 1.09.